The first-order valence-corrected chi connectivity index (χ1v) is 13.5. The molecule has 40 heavy (non-hydrogen) atoms. The summed E-state index contributed by atoms with van der Waals surface area (Å²) < 4.78 is 35.1. The summed E-state index contributed by atoms with van der Waals surface area (Å²) in [5.41, 5.74) is 6.45. The number of hydrogen-bond donors (Lipinski definition) is 1. The summed E-state index contributed by atoms with van der Waals surface area (Å²) in [5.74, 6) is 0.712. The molecule has 14 heteroatoms. The van der Waals surface area contributed by atoms with Gasteiger partial charge in [-0.05, 0) is 45.1 Å². The van der Waals surface area contributed by atoms with Crippen LogP contribution in [0.15, 0.2) is 34.3 Å². The molecule has 0 radical (unpaired) electrons. The van der Waals surface area contributed by atoms with Crippen molar-refractivity contribution >= 4 is 29.2 Å². The lowest BCUT2D eigenvalue weighted by Crippen LogP contribution is -2.49. The van der Waals surface area contributed by atoms with Gasteiger partial charge in [0.2, 0.25) is 17.9 Å². The number of nitrogens with two attached hydrogens (primary N) is 1. The minimum atomic E-state index is -2.84. The van der Waals surface area contributed by atoms with Crippen LogP contribution in [0, 0.1) is 0 Å². The Morgan fingerprint density at radius 2 is 1.75 bits per heavy atom. The molecule has 0 bridgehead atoms. The van der Waals surface area contributed by atoms with E-state index in [-0.39, 0.29) is 18.3 Å². The number of nitrogens with zero attached hydrogens (tertiary/aromatic N) is 10. The van der Waals surface area contributed by atoms with Gasteiger partial charge in [0.05, 0.1) is 30.8 Å². The average molecular weight is 554 g/mol. The molecule has 1 atom stereocenters. The third-order valence-electron chi connectivity index (χ3n) is 7.75. The fourth-order valence-electron chi connectivity index (χ4n) is 5.30. The minimum Gasteiger partial charge on any atom is -0.378 e. The molecule has 0 spiro atoms. The quantitative estimate of drug-likeness (QED) is 0.501. The number of anilines is 1. The summed E-state index contributed by atoms with van der Waals surface area (Å²) in [4.78, 5) is 33.8. The first-order valence-electron chi connectivity index (χ1n) is 13.5. The Balaban J connectivity index is 1.38. The van der Waals surface area contributed by atoms with Gasteiger partial charge in [-0.3, -0.25) is 4.57 Å². The maximum Gasteiger partial charge on any atom is 0.296 e. The predicted molar refractivity (Wildman–Crippen MR) is 147 cm³/mol. The van der Waals surface area contributed by atoms with Gasteiger partial charge in [0.25, 0.3) is 6.43 Å². The molecule has 3 aliphatic heterocycles. The second kappa shape index (κ2) is 10.7. The molecule has 2 fully saturated rings. The van der Waals surface area contributed by atoms with Gasteiger partial charge in [0.15, 0.2) is 11.6 Å². The van der Waals surface area contributed by atoms with E-state index < -0.39 is 17.8 Å². The van der Waals surface area contributed by atoms with Crippen molar-refractivity contribution in [1.29, 1.82) is 0 Å². The van der Waals surface area contributed by atoms with Crippen LogP contribution in [-0.2, 0) is 10.3 Å². The monoisotopic (exact) mass is 553 g/mol. The molecule has 1 unspecified atom stereocenters. The number of morpholine rings is 1. The zero-order chi connectivity index (χ0) is 27.9. The van der Waals surface area contributed by atoms with Gasteiger partial charge >= 0.3 is 0 Å². The number of guanidine groups is 1. The van der Waals surface area contributed by atoms with Crippen LogP contribution in [0.25, 0.3) is 17.0 Å². The van der Waals surface area contributed by atoms with E-state index >= 15 is 0 Å². The molecule has 2 aromatic heterocycles. The number of alkyl halides is 2. The molecule has 212 valence electrons. The topological polar surface area (TPSA) is 126 Å². The van der Waals surface area contributed by atoms with Crippen LogP contribution in [0.4, 0.5) is 14.7 Å². The first-order chi connectivity index (χ1) is 19.3. The minimum absolute atomic E-state index is 0.0203. The number of benzene rings is 1. The standard InChI is InChI=1S/C26H33F2N11O/c1-36-9-7-17(8-10-36)37(2)23-30-15-26(29,16-31-23)22-33-24(38-11-13-40-14-12-38)35-25(34-22)39-19-6-4-3-5-18(19)32-21(39)20(27)28/h3-6,15,17,20H,7-14,16,29H2,1-2H3. The van der Waals surface area contributed by atoms with Crippen LogP contribution >= 0.6 is 0 Å². The number of imidazole rings is 1. The van der Waals surface area contributed by atoms with Crippen molar-refractivity contribution in [2.75, 3.05) is 64.9 Å². The Kier molecular flexibility index (Phi) is 7.15. The Bertz CT molecular complexity index is 1430. The molecular weight excluding hydrogens is 520 g/mol. The summed E-state index contributed by atoms with van der Waals surface area (Å²) >= 11 is 0. The fraction of sp³-hybridized carbons (Fsp3) is 0.538. The van der Waals surface area contributed by atoms with Gasteiger partial charge < -0.3 is 25.2 Å². The second-order valence-corrected chi connectivity index (χ2v) is 10.5. The number of rotatable bonds is 5. The maximum absolute atomic E-state index is 14.2. The molecule has 3 aliphatic rings. The van der Waals surface area contributed by atoms with Crippen molar-refractivity contribution in [1.82, 2.24) is 34.3 Å². The van der Waals surface area contributed by atoms with Crippen molar-refractivity contribution < 1.29 is 13.5 Å². The number of piperidine rings is 1. The normalized spacial score (nSPS) is 22.8. The average Bonchev–Trinajstić information content (AvgIpc) is 3.38. The molecule has 12 nitrogen and oxygen atoms in total. The van der Waals surface area contributed by atoms with Crippen molar-refractivity contribution in [3.05, 3.63) is 35.9 Å². The first kappa shape index (κ1) is 26.6. The van der Waals surface area contributed by atoms with E-state index in [4.69, 9.17) is 20.4 Å². The fourth-order valence-corrected chi connectivity index (χ4v) is 5.30. The van der Waals surface area contributed by atoms with Gasteiger partial charge in [-0.2, -0.15) is 15.0 Å². The zero-order valence-electron chi connectivity index (χ0n) is 22.6. The predicted octanol–water partition coefficient (Wildman–Crippen LogP) is 1.61. The van der Waals surface area contributed by atoms with Crippen molar-refractivity contribution in [2.45, 2.75) is 30.8 Å². The van der Waals surface area contributed by atoms with Crippen molar-refractivity contribution in [3.63, 3.8) is 0 Å². The highest BCUT2D eigenvalue weighted by Crippen LogP contribution is 2.29. The number of fused-ring (bicyclic) bond motifs is 1. The highest BCUT2D eigenvalue weighted by molar-refractivity contribution is 5.93. The SMILES string of the molecule is CN1CCC(N(C)C2=NCC(N)(c3nc(N4CCOCC4)nc(-n4c(C(F)F)nc5ccccc54)n3)C=N2)CC1. The van der Waals surface area contributed by atoms with Crippen LogP contribution < -0.4 is 10.6 Å². The van der Waals surface area contributed by atoms with Crippen molar-refractivity contribution in [3.8, 4) is 5.95 Å². The number of aliphatic imine (C=N–C) groups is 2. The van der Waals surface area contributed by atoms with E-state index in [0.29, 0.717) is 55.3 Å². The second-order valence-electron chi connectivity index (χ2n) is 10.5. The number of hydrogen-bond acceptors (Lipinski definition) is 11. The molecular formula is C26H33F2N11O. The smallest absolute Gasteiger partial charge is 0.296 e. The lowest BCUT2D eigenvalue weighted by atomic mass is 10.0. The third kappa shape index (κ3) is 5.02. The molecule has 1 aromatic carbocycles. The zero-order valence-corrected chi connectivity index (χ0v) is 22.6. The lowest BCUT2D eigenvalue weighted by Gasteiger charge is -2.37. The van der Waals surface area contributed by atoms with Gasteiger partial charge in [-0.1, -0.05) is 12.1 Å². The summed E-state index contributed by atoms with van der Waals surface area (Å²) in [6.07, 6.45) is 0.828. The van der Waals surface area contributed by atoms with Crippen LogP contribution in [0.1, 0.15) is 30.9 Å². The Morgan fingerprint density at radius 3 is 2.45 bits per heavy atom. The van der Waals surface area contributed by atoms with Gasteiger partial charge in [-0.25, -0.2) is 23.7 Å². The summed E-state index contributed by atoms with van der Waals surface area (Å²) in [6.45, 7) is 4.29. The van der Waals surface area contributed by atoms with E-state index in [0.717, 1.165) is 25.9 Å². The molecule has 5 heterocycles. The lowest BCUT2D eigenvalue weighted by molar-refractivity contribution is 0.122. The van der Waals surface area contributed by atoms with E-state index in [9.17, 15) is 8.78 Å². The van der Waals surface area contributed by atoms with E-state index in [1.54, 1.807) is 30.5 Å². The molecule has 2 N–H and O–H groups in total. The third-order valence-corrected chi connectivity index (χ3v) is 7.75. The van der Waals surface area contributed by atoms with E-state index in [1.165, 1.54) is 4.57 Å². The van der Waals surface area contributed by atoms with E-state index in [1.807, 2.05) is 11.9 Å². The van der Waals surface area contributed by atoms with Gasteiger partial charge in [-0.15, -0.1) is 0 Å². The van der Waals surface area contributed by atoms with Crippen LogP contribution in [0.3, 0.4) is 0 Å². The molecule has 0 saturated carbocycles. The van der Waals surface area contributed by atoms with Crippen LogP contribution in [0.5, 0.6) is 0 Å². The Labute approximate surface area is 230 Å². The van der Waals surface area contributed by atoms with Gasteiger partial charge in [0.1, 0.15) is 5.54 Å². The maximum atomic E-state index is 14.2. The Morgan fingerprint density at radius 1 is 1.02 bits per heavy atom. The summed E-state index contributed by atoms with van der Waals surface area (Å²) in [6, 6.07) is 7.24. The van der Waals surface area contributed by atoms with Crippen LogP contribution in [0.2, 0.25) is 0 Å². The Hall–Kier alpha value is -3.62. The number of likely N-dealkylation sites (tertiary alicyclic amines) is 1. The molecule has 6 rings (SSSR count). The van der Waals surface area contributed by atoms with Crippen molar-refractivity contribution in [2.24, 2.45) is 15.7 Å². The number of aromatic nitrogens is 5. The summed E-state index contributed by atoms with van der Waals surface area (Å²) in [7, 11) is 4.13. The molecule has 0 aliphatic carbocycles. The number of para-hydroxylation sites is 2. The van der Waals surface area contributed by atoms with Crippen LogP contribution in [-0.4, -0.2) is 113 Å². The molecule has 0 amide bonds. The van der Waals surface area contributed by atoms with Gasteiger partial charge in [0, 0.05) is 32.4 Å². The highest BCUT2D eigenvalue weighted by Gasteiger charge is 2.36. The number of ether oxygens (including phenoxy) is 1. The van der Waals surface area contributed by atoms with E-state index in [2.05, 4.69) is 36.8 Å². The molecule has 2 saturated heterocycles. The molecule has 3 aromatic rings. The highest BCUT2D eigenvalue weighted by atomic mass is 19.3. The number of halogens is 2. The largest absolute Gasteiger partial charge is 0.378 e. The summed E-state index contributed by atoms with van der Waals surface area (Å²) in [5, 5.41) is 0.